The lowest BCUT2D eigenvalue weighted by Gasteiger charge is -2.36. The zero-order valence-corrected chi connectivity index (χ0v) is 11.9. The number of nitrogens with two attached hydrogens (primary N) is 1. The van der Waals surface area contributed by atoms with Crippen LogP contribution in [-0.4, -0.2) is 37.0 Å². The number of halogens is 1. The van der Waals surface area contributed by atoms with Crippen LogP contribution < -0.4 is 5.73 Å². The van der Waals surface area contributed by atoms with Crippen LogP contribution in [0, 0.1) is 5.82 Å². The molecule has 112 valence electrons. The van der Waals surface area contributed by atoms with Crippen molar-refractivity contribution in [3.05, 3.63) is 24.0 Å². The summed E-state index contributed by atoms with van der Waals surface area (Å²) >= 11 is 0. The average Bonchev–Trinajstić information content (AvgIpc) is 2.35. The molecule has 1 fully saturated rings. The number of benzene rings is 1. The smallest absolute Gasteiger partial charge is 0.243 e. The molecule has 2 rings (SSSR count). The predicted octanol–water partition coefficient (Wildman–Crippen LogP) is 1.33. The van der Waals surface area contributed by atoms with Crippen LogP contribution >= 0.6 is 0 Å². The minimum absolute atomic E-state index is 0.00115. The second kappa shape index (κ2) is 6.07. The van der Waals surface area contributed by atoms with Gasteiger partial charge in [-0.25, -0.2) is 12.8 Å². The van der Waals surface area contributed by atoms with Crippen molar-refractivity contribution in [2.45, 2.75) is 36.6 Å². The molecule has 0 aliphatic heterocycles. The molecule has 0 heterocycles. The number of hydrogen-bond donors (Lipinski definition) is 2. The van der Waals surface area contributed by atoms with E-state index in [4.69, 9.17) is 10.8 Å². The molecule has 0 bridgehead atoms. The fraction of sp³-hybridized carbons (Fsp3) is 0.538. The van der Waals surface area contributed by atoms with Gasteiger partial charge in [-0.15, -0.1) is 0 Å². The highest BCUT2D eigenvalue weighted by Gasteiger charge is 2.34. The van der Waals surface area contributed by atoms with E-state index in [1.165, 1.54) is 10.4 Å². The van der Waals surface area contributed by atoms with Crippen LogP contribution in [0.1, 0.15) is 25.7 Å². The average molecular weight is 302 g/mol. The molecule has 5 nitrogen and oxygen atoms in total. The highest BCUT2D eigenvalue weighted by atomic mass is 32.2. The van der Waals surface area contributed by atoms with E-state index in [-0.39, 0.29) is 29.8 Å². The van der Waals surface area contributed by atoms with Crippen LogP contribution in [0.2, 0.25) is 0 Å². The van der Waals surface area contributed by atoms with E-state index in [1.54, 1.807) is 0 Å². The summed E-state index contributed by atoms with van der Waals surface area (Å²) in [5.41, 5.74) is 5.26. The molecule has 1 aliphatic carbocycles. The molecule has 1 aromatic carbocycles. The Labute approximate surface area is 118 Å². The molecule has 7 heteroatoms. The van der Waals surface area contributed by atoms with Gasteiger partial charge >= 0.3 is 0 Å². The largest absolute Gasteiger partial charge is 0.396 e. The van der Waals surface area contributed by atoms with E-state index in [9.17, 15) is 12.8 Å². The first-order valence-corrected chi connectivity index (χ1v) is 8.08. The van der Waals surface area contributed by atoms with E-state index >= 15 is 0 Å². The van der Waals surface area contributed by atoms with E-state index in [1.807, 2.05) is 0 Å². The fourth-order valence-electron chi connectivity index (χ4n) is 2.22. The summed E-state index contributed by atoms with van der Waals surface area (Å²) in [7, 11) is -3.70. The van der Waals surface area contributed by atoms with Crippen molar-refractivity contribution in [1.29, 1.82) is 0 Å². The Bertz CT molecular complexity index is 573. The summed E-state index contributed by atoms with van der Waals surface area (Å²) in [6.07, 6.45) is 3.02. The molecule has 0 spiro atoms. The molecule has 1 aliphatic rings. The van der Waals surface area contributed by atoms with E-state index in [0.717, 1.165) is 31.4 Å². The van der Waals surface area contributed by atoms with E-state index in [2.05, 4.69) is 0 Å². The Morgan fingerprint density at radius 3 is 2.60 bits per heavy atom. The molecule has 3 N–H and O–H groups in total. The van der Waals surface area contributed by atoms with Gasteiger partial charge in [-0.05, 0) is 37.5 Å². The maximum atomic E-state index is 13.2. The summed E-state index contributed by atoms with van der Waals surface area (Å²) < 4.78 is 39.8. The molecule has 1 saturated carbocycles. The van der Waals surface area contributed by atoms with Crippen LogP contribution in [0.25, 0.3) is 0 Å². The molecule has 0 saturated heterocycles. The number of aliphatic hydroxyl groups excluding tert-OH is 1. The van der Waals surface area contributed by atoms with Crippen molar-refractivity contribution in [3.63, 3.8) is 0 Å². The van der Waals surface area contributed by atoms with E-state index in [0.29, 0.717) is 6.42 Å². The topological polar surface area (TPSA) is 83.6 Å². The number of nitrogens with zero attached hydrogens (tertiary/aromatic N) is 1. The van der Waals surface area contributed by atoms with Crippen LogP contribution in [0.15, 0.2) is 23.1 Å². The SMILES string of the molecule is Nc1cc(S(=O)(=O)N(CCCO)C2CCC2)ccc1F. The molecular formula is C13H19FN2O3S. The maximum absolute atomic E-state index is 13.2. The van der Waals surface area contributed by atoms with Gasteiger partial charge in [0.25, 0.3) is 0 Å². The van der Waals surface area contributed by atoms with Crippen LogP contribution in [0.3, 0.4) is 0 Å². The normalized spacial score (nSPS) is 16.4. The summed E-state index contributed by atoms with van der Waals surface area (Å²) in [6.45, 7) is 0.199. The third-order valence-electron chi connectivity index (χ3n) is 3.59. The van der Waals surface area contributed by atoms with Crippen molar-refractivity contribution < 1.29 is 17.9 Å². The number of rotatable bonds is 6. The Kier molecular flexibility index (Phi) is 4.62. The van der Waals surface area contributed by atoms with Crippen molar-refractivity contribution >= 4 is 15.7 Å². The third kappa shape index (κ3) is 2.94. The first-order chi connectivity index (χ1) is 9.46. The van der Waals surface area contributed by atoms with Gasteiger partial charge in [0.2, 0.25) is 10.0 Å². The predicted molar refractivity (Wildman–Crippen MR) is 74.0 cm³/mol. The zero-order chi connectivity index (χ0) is 14.8. The van der Waals surface area contributed by atoms with Crippen LogP contribution in [0.4, 0.5) is 10.1 Å². The molecule has 0 radical (unpaired) electrons. The number of anilines is 1. The molecule has 1 aromatic rings. The first-order valence-electron chi connectivity index (χ1n) is 6.64. The van der Waals surface area contributed by atoms with Crippen LogP contribution in [0.5, 0.6) is 0 Å². The summed E-state index contributed by atoms with van der Waals surface area (Å²) in [5, 5.41) is 8.91. The Balaban J connectivity index is 2.30. The maximum Gasteiger partial charge on any atom is 0.243 e. The molecule has 20 heavy (non-hydrogen) atoms. The van der Waals surface area contributed by atoms with Crippen LogP contribution in [-0.2, 0) is 10.0 Å². The van der Waals surface area contributed by atoms with Gasteiger partial charge in [0.1, 0.15) is 5.82 Å². The number of hydrogen-bond acceptors (Lipinski definition) is 4. The Morgan fingerprint density at radius 1 is 1.40 bits per heavy atom. The second-order valence-electron chi connectivity index (χ2n) is 4.96. The number of sulfonamides is 1. The Morgan fingerprint density at radius 2 is 2.10 bits per heavy atom. The zero-order valence-electron chi connectivity index (χ0n) is 11.1. The molecule has 0 aromatic heterocycles. The summed E-state index contributed by atoms with van der Waals surface area (Å²) in [4.78, 5) is 0.00115. The highest BCUT2D eigenvalue weighted by molar-refractivity contribution is 7.89. The van der Waals surface area contributed by atoms with Gasteiger partial charge in [0.05, 0.1) is 10.6 Å². The van der Waals surface area contributed by atoms with Gasteiger partial charge < -0.3 is 10.8 Å². The molecule has 0 atom stereocenters. The minimum Gasteiger partial charge on any atom is -0.396 e. The number of nitrogen functional groups attached to an aromatic ring is 1. The number of aliphatic hydroxyl groups is 1. The highest BCUT2D eigenvalue weighted by Crippen LogP contribution is 2.30. The lowest BCUT2D eigenvalue weighted by atomic mass is 9.93. The van der Waals surface area contributed by atoms with Gasteiger partial charge in [-0.2, -0.15) is 4.31 Å². The monoisotopic (exact) mass is 302 g/mol. The van der Waals surface area contributed by atoms with E-state index < -0.39 is 15.8 Å². The molecule has 0 unspecified atom stereocenters. The van der Waals surface area contributed by atoms with Gasteiger partial charge in [0.15, 0.2) is 0 Å². The van der Waals surface area contributed by atoms with Crippen molar-refractivity contribution in [2.75, 3.05) is 18.9 Å². The lowest BCUT2D eigenvalue weighted by Crippen LogP contribution is -2.44. The van der Waals surface area contributed by atoms with Crippen molar-refractivity contribution in [2.24, 2.45) is 0 Å². The van der Waals surface area contributed by atoms with Crippen molar-refractivity contribution in [1.82, 2.24) is 4.31 Å². The van der Waals surface area contributed by atoms with Gasteiger partial charge in [-0.1, -0.05) is 6.42 Å². The Hall–Kier alpha value is -1.18. The van der Waals surface area contributed by atoms with Crippen molar-refractivity contribution in [3.8, 4) is 0 Å². The first kappa shape index (κ1) is 15.2. The molecular weight excluding hydrogens is 283 g/mol. The summed E-state index contributed by atoms with van der Waals surface area (Å²) in [5.74, 6) is -0.630. The summed E-state index contributed by atoms with van der Waals surface area (Å²) in [6, 6.07) is 3.41. The standard InChI is InChI=1S/C13H19FN2O3S/c14-12-6-5-11(9-13(12)15)20(18,19)16(7-2-8-17)10-3-1-4-10/h5-6,9-10,17H,1-4,7-8,15H2. The minimum atomic E-state index is -3.70. The second-order valence-corrected chi connectivity index (χ2v) is 6.85. The quantitative estimate of drug-likeness (QED) is 0.777. The van der Waals surface area contributed by atoms with Gasteiger partial charge in [0, 0.05) is 19.2 Å². The molecule has 0 amide bonds. The van der Waals surface area contributed by atoms with Gasteiger partial charge in [-0.3, -0.25) is 0 Å². The lowest BCUT2D eigenvalue weighted by molar-refractivity contribution is 0.198. The fourth-order valence-corrected chi connectivity index (χ4v) is 3.98. The third-order valence-corrected chi connectivity index (χ3v) is 5.54.